The van der Waals surface area contributed by atoms with E-state index in [1.807, 2.05) is 6.92 Å². The van der Waals surface area contributed by atoms with Gasteiger partial charge in [0.15, 0.2) is 10.8 Å². The lowest BCUT2D eigenvalue weighted by Gasteiger charge is -2.22. The summed E-state index contributed by atoms with van der Waals surface area (Å²) in [5.74, 6) is 1.06. The average molecular weight is 310 g/mol. The summed E-state index contributed by atoms with van der Waals surface area (Å²) in [5.41, 5.74) is 7.40. The Morgan fingerprint density at radius 2 is 2.24 bits per heavy atom. The maximum Gasteiger partial charge on any atom is 0.195 e. The van der Waals surface area contributed by atoms with E-state index < -0.39 is 0 Å². The molecule has 2 aromatic heterocycles. The molecule has 0 aliphatic heterocycles. The van der Waals surface area contributed by atoms with Crippen molar-refractivity contribution in [1.29, 1.82) is 0 Å². The Kier molecular flexibility index (Phi) is 6.02. The first-order valence-corrected chi connectivity index (χ1v) is 8.61. The highest BCUT2D eigenvalue weighted by Gasteiger charge is 2.19. The summed E-state index contributed by atoms with van der Waals surface area (Å²) >= 11 is 1.67. The number of fused-ring (bicyclic) bond motifs is 1. The van der Waals surface area contributed by atoms with Crippen LogP contribution in [0.3, 0.4) is 0 Å². The van der Waals surface area contributed by atoms with Crippen molar-refractivity contribution in [2.75, 3.05) is 31.2 Å². The third-order valence-corrected chi connectivity index (χ3v) is 4.47. The van der Waals surface area contributed by atoms with Gasteiger partial charge in [0.25, 0.3) is 0 Å². The Morgan fingerprint density at radius 3 is 2.90 bits per heavy atom. The molecule has 0 saturated carbocycles. The van der Waals surface area contributed by atoms with E-state index in [-0.39, 0.29) is 6.04 Å². The van der Waals surface area contributed by atoms with Crippen LogP contribution < -0.4 is 10.6 Å². The minimum atomic E-state index is 0.175. The van der Waals surface area contributed by atoms with E-state index in [0.29, 0.717) is 0 Å². The van der Waals surface area contributed by atoms with Crippen LogP contribution in [0.4, 0.5) is 5.82 Å². The van der Waals surface area contributed by atoms with Crippen molar-refractivity contribution in [3.8, 4) is 0 Å². The molecule has 2 rings (SSSR count). The summed E-state index contributed by atoms with van der Waals surface area (Å²) in [6.07, 6.45) is 3.92. The van der Waals surface area contributed by atoms with Gasteiger partial charge < -0.3 is 15.4 Å². The van der Waals surface area contributed by atoms with Crippen molar-refractivity contribution in [3.05, 3.63) is 17.3 Å². The predicted octanol–water partition coefficient (Wildman–Crippen LogP) is 2.54. The Labute approximate surface area is 130 Å². The first kappa shape index (κ1) is 16.3. The van der Waals surface area contributed by atoms with Crippen LogP contribution in [0.15, 0.2) is 11.6 Å². The van der Waals surface area contributed by atoms with Crippen molar-refractivity contribution in [2.24, 2.45) is 5.73 Å². The molecule has 0 aliphatic rings. The second-order valence-electron chi connectivity index (χ2n) is 5.09. The van der Waals surface area contributed by atoms with Gasteiger partial charge in [-0.15, -0.1) is 11.3 Å². The molecule has 0 spiro atoms. The lowest BCUT2D eigenvalue weighted by atomic mass is 10.1. The number of rotatable bonds is 9. The van der Waals surface area contributed by atoms with Crippen LogP contribution in [0.1, 0.15) is 32.9 Å². The van der Waals surface area contributed by atoms with Gasteiger partial charge in [-0.25, -0.2) is 4.98 Å². The lowest BCUT2D eigenvalue weighted by molar-refractivity contribution is 0.154. The standard InChI is InChI=1S/C15H26N4OS/c1-4-12(16)11-13-14(17-15-19(13)8-10-21-15)18(5-2)7-9-20-6-3/h8,10,12H,4-7,9,11,16H2,1-3H3. The van der Waals surface area contributed by atoms with Gasteiger partial charge in [0.2, 0.25) is 0 Å². The highest BCUT2D eigenvalue weighted by molar-refractivity contribution is 7.15. The van der Waals surface area contributed by atoms with E-state index >= 15 is 0 Å². The van der Waals surface area contributed by atoms with Crippen LogP contribution in [0.2, 0.25) is 0 Å². The zero-order valence-electron chi connectivity index (χ0n) is 13.2. The van der Waals surface area contributed by atoms with Crippen LogP contribution in [-0.2, 0) is 11.2 Å². The molecule has 1 unspecified atom stereocenters. The molecule has 1 atom stereocenters. The van der Waals surface area contributed by atoms with Crippen LogP contribution in [0.25, 0.3) is 4.96 Å². The minimum Gasteiger partial charge on any atom is -0.380 e. The fourth-order valence-electron chi connectivity index (χ4n) is 2.39. The van der Waals surface area contributed by atoms with Gasteiger partial charge in [0.05, 0.1) is 12.3 Å². The molecule has 118 valence electrons. The Hall–Kier alpha value is -1.11. The fourth-order valence-corrected chi connectivity index (χ4v) is 3.12. The molecule has 0 aromatic carbocycles. The van der Waals surface area contributed by atoms with Gasteiger partial charge in [0, 0.05) is 43.7 Å². The molecule has 5 nitrogen and oxygen atoms in total. The van der Waals surface area contributed by atoms with Crippen LogP contribution >= 0.6 is 11.3 Å². The van der Waals surface area contributed by atoms with Crippen molar-refractivity contribution >= 4 is 22.1 Å². The number of likely N-dealkylation sites (N-methyl/N-ethyl adjacent to an activating group) is 1. The molecule has 0 radical (unpaired) electrons. The minimum absolute atomic E-state index is 0.175. The van der Waals surface area contributed by atoms with E-state index in [1.165, 1.54) is 5.69 Å². The van der Waals surface area contributed by atoms with E-state index in [9.17, 15) is 0 Å². The Balaban J connectivity index is 2.27. The largest absolute Gasteiger partial charge is 0.380 e. The van der Waals surface area contributed by atoms with E-state index in [2.05, 4.69) is 34.7 Å². The zero-order chi connectivity index (χ0) is 15.2. The molecular formula is C15H26N4OS. The van der Waals surface area contributed by atoms with Crippen molar-refractivity contribution in [2.45, 2.75) is 39.7 Å². The van der Waals surface area contributed by atoms with Crippen LogP contribution in [-0.4, -0.2) is 41.7 Å². The summed E-state index contributed by atoms with van der Waals surface area (Å²) in [5, 5.41) is 2.07. The SMILES string of the molecule is CCOCCN(CC)c1nc2sccn2c1CC(N)CC. The van der Waals surface area contributed by atoms with Crippen LogP contribution in [0, 0.1) is 0 Å². The normalized spacial score (nSPS) is 13.0. The quantitative estimate of drug-likeness (QED) is 0.723. The number of anilines is 1. The first-order chi connectivity index (χ1) is 10.2. The third-order valence-electron chi connectivity index (χ3n) is 3.71. The molecule has 0 amide bonds. The molecule has 6 heteroatoms. The third kappa shape index (κ3) is 3.75. The topological polar surface area (TPSA) is 55.8 Å². The number of nitrogens with zero attached hydrogens (tertiary/aromatic N) is 3. The van der Waals surface area contributed by atoms with Gasteiger partial charge >= 0.3 is 0 Å². The summed E-state index contributed by atoms with van der Waals surface area (Å²) < 4.78 is 7.67. The number of aromatic nitrogens is 2. The molecule has 0 saturated heterocycles. The van der Waals surface area contributed by atoms with Crippen molar-refractivity contribution in [1.82, 2.24) is 9.38 Å². The average Bonchev–Trinajstić information content (AvgIpc) is 3.06. The molecule has 2 heterocycles. The number of thiazole rings is 1. The summed E-state index contributed by atoms with van der Waals surface area (Å²) in [6.45, 7) is 9.58. The van der Waals surface area contributed by atoms with Gasteiger partial charge in [-0.05, 0) is 20.3 Å². The van der Waals surface area contributed by atoms with Crippen LogP contribution in [0.5, 0.6) is 0 Å². The lowest BCUT2D eigenvalue weighted by Crippen LogP contribution is -2.30. The first-order valence-electron chi connectivity index (χ1n) is 7.73. The molecule has 2 aromatic rings. The fraction of sp³-hybridized carbons (Fsp3) is 0.667. The van der Waals surface area contributed by atoms with Gasteiger partial charge in [0.1, 0.15) is 0 Å². The number of ether oxygens (including phenoxy) is 1. The number of nitrogens with two attached hydrogens (primary N) is 1. The second-order valence-corrected chi connectivity index (χ2v) is 5.96. The predicted molar refractivity (Wildman–Crippen MR) is 89.4 cm³/mol. The van der Waals surface area contributed by atoms with Gasteiger partial charge in [-0.1, -0.05) is 6.92 Å². The molecule has 0 aliphatic carbocycles. The summed E-state index contributed by atoms with van der Waals surface area (Å²) in [7, 11) is 0. The van der Waals surface area contributed by atoms with Gasteiger partial charge in [-0.2, -0.15) is 0 Å². The summed E-state index contributed by atoms with van der Waals surface area (Å²) in [4.78, 5) is 8.13. The second kappa shape index (κ2) is 7.77. The maximum atomic E-state index is 6.18. The van der Waals surface area contributed by atoms with Crippen molar-refractivity contribution < 1.29 is 4.74 Å². The molecule has 0 bridgehead atoms. The van der Waals surface area contributed by atoms with E-state index in [0.717, 1.165) is 49.9 Å². The Bertz CT molecular complexity index is 551. The summed E-state index contributed by atoms with van der Waals surface area (Å²) in [6, 6.07) is 0.175. The molecule has 0 fully saturated rings. The monoisotopic (exact) mass is 310 g/mol. The number of imidazole rings is 1. The molecule has 21 heavy (non-hydrogen) atoms. The zero-order valence-corrected chi connectivity index (χ0v) is 14.0. The highest BCUT2D eigenvalue weighted by Crippen LogP contribution is 2.26. The maximum absolute atomic E-state index is 6.18. The van der Waals surface area contributed by atoms with E-state index in [1.54, 1.807) is 11.3 Å². The molecule has 2 N–H and O–H groups in total. The van der Waals surface area contributed by atoms with Crippen molar-refractivity contribution in [3.63, 3.8) is 0 Å². The smallest absolute Gasteiger partial charge is 0.195 e. The number of hydrogen-bond donors (Lipinski definition) is 1. The highest BCUT2D eigenvalue weighted by atomic mass is 32.1. The van der Waals surface area contributed by atoms with Gasteiger partial charge in [-0.3, -0.25) is 4.40 Å². The Morgan fingerprint density at radius 1 is 1.43 bits per heavy atom. The molecular weight excluding hydrogens is 284 g/mol. The van der Waals surface area contributed by atoms with E-state index in [4.69, 9.17) is 15.5 Å². The number of hydrogen-bond acceptors (Lipinski definition) is 5.